The summed E-state index contributed by atoms with van der Waals surface area (Å²) in [5.41, 5.74) is 14.8. The van der Waals surface area contributed by atoms with Gasteiger partial charge in [0.25, 0.3) is 11.8 Å². The topological polar surface area (TPSA) is 349 Å². The molecule has 79 heavy (non-hydrogen) atoms. The van der Waals surface area contributed by atoms with Gasteiger partial charge in [0.1, 0.15) is 36.3 Å². The molecule has 22 nitrogen and oxygen atoms in total. The lowest BCUT2D eigenvalue weighted by Gasteiger charge is -2.32. The normalized spacial score (nSPS) is 23.1. The number of carboxylic acid groups (broad SMARTS) is 1. The molecule has 5 aromatic rings. The highest BCUT2D eigenvalue weighted by Gasteiger charge is 2.38. The Morgan fingerprint density at radius 3 is 1.72 bits per heavy atom. The van der Waals surface area contributed by atoms with Crippen molar-refractivity contribution in [1.82, 2.24) is 47.1 Å². The largest absolute Gasteiger partial charge is 0.480 e. The number of carbonyl (C=O) groups is 9. The van der Waals surface area contributed by atoms with Gasteiger partial charge < -0.3 is 68.8 Å². The van der Waals surface area contributed by atoms with E-state index >= 15 is 4.79 Å². The number of amides is 8. The summed E-state index contributed by atoms with van der Waals surface area (Å²) in [6.45, 7) is 1.45. The van der Waals surface area contributed by atoms with E-state index in [1.54, 1.807) is 103 Å². The molecule has 0 radical (unpaired) electrons. The number of nitrogens with one attached hydrogen (secondary N) is 8. The smallest absolute Gasteiger partial charge is 0.327 e. The zero-order valence-corrected chi connectivity index (χ0v) is 45.2. The van der Waals surface area contributed by atoms with E-state index in [1.807, 2.05) is 6.07 Å². The highest BCUT2D eigenvalue weighted by Crippen LogP contribution is 2.24. The number of aromatic amines is 1. The van der Waals surface area contributed by atoms with Gasteiger partial charge in [0.15, 0.2) is 6.17 Å². The lowest BCUT2D eigenvalue weighted by Crippen LogP contribution is -2.64. The van der Waals surface area contributed by atoms with Crippen LogP contribution in [0.5, 0.6) is 0 Å². The summed E-state index contributed by atoms with van der Waals surface area (Å²) in [4.78, 5) is 132. The van der Waals surface area contributed by atoms with Crippen LogP contribution in [0.15, 0.2) is 121 Å². The molecule has 9 atom stereocenters. The van der Waals surface area contributed by atoms with E-state index in [4.69, 9.17) is 11.5 Å². The molecule has 0 saturated carbocycles. The number of carboxylic acids is 1. The Balaban J connectivity index is 1.42. The average molecular weight is 1120 g/mol. The molecule has 0 aliphatic carbocycles. The van der Waals surface area contributed by atoms with Gasteiger partial charge in [-0.15, -0.1) is 0 Å². The third-order valence-electron chi connectivity index (χ3n) is 13.0. The molecule has 24 heteroatoms. The number of aliphatic carboxylic acids is 1. The molecule has 0 spiro atoms. The Hall–Kier alpha value is -7.77. The fourth-order valence-electron chi connectivity index (χ4n) is 8.57. The summed E-state index contributed by atoms with van der Waals surface area (Å²) >= 11 is 0. The first-order valence-corrected chi connectivity index (χ1v) is 28.1. The van der Waals surface area contributed by atoms with E-state index in [9.17, 15) is 48.6 Å². The number of aliphatic hydroxyl groups is 1. The lowest BCUT2D eigenvalue weighted by atomic mass is 10.0. The van der Waals surface area contributed by atoms with Gasteiger partial charge in [-0.2, -0.15) is 0 Å². The first kappa shape index (κ1) is 60.5. The molecule has 420 valence electrons. The van der Waals surface area contributed by atoms with Crippen molar-refractivity contribution in [3.8, 4) is 0 Å². The number of nitrogens with zero attached hydrogens (tertiary/aromatic N) is 1. The van der Waals surface area contributed by atoms with E-state index < -0.39 is 108 Å². The van der Waals surface area contributed by atoms with Gasteiger partial charge in [-0.05, 0) is 67.6 Å². The molecule has 1 aliphatic rings. The van der Waals surface area contributed by atoms with Crippen molar-refractivity contribution in [2.45, 2.75) is 100 Å². The van der Waals surface area contributed by atoms with Gasteiger partial charge in [-0.25, -0.2) is 4.79 Å². The molecule has 1 saturated heterocycles. The van der Waals surface area contributed by atoms with Gasteiger partial charge in [-0.1, -0.05) is 119 Å². The first-order chi connectivity index (χ1) is 37.9. The molecular weight excluding hydrogens is 1050 g/mol. The molecule has 1 fully saturated rings. The number of H-pyrrole nitrogens is 1. The van der Waals surface area contributed by atoms with Crippen LogP contribution in [0.2, 0.25) is 0 Å². The van der Waals surface area contributed by atoms with Crippen LogP contribution in [0.3, 0.4) is 0 Å². The van der Waals surface area contributed by atoms with Crippen molar-refractivity contribution in [3.05, 3.63) is 144 Å². The molecular formula is C55H67N11O11S2. The lowest BCUT2D eigenvalue weighted by molar-refractivity contribution is -0.141. The standard InChI is InChI=1S/C55H67N11O11S2/c1-32(67)45-52(73)61-41(26-33-16-6-3-7-17-33)49(70)63-44(55(76)77)31-79-78-30-38(57)47(68)60-42(27-34-18-8-4-9-19-34)51(72)65-46(66(2)54(75)35-20-10-5-11-21-35)53(74)62-43(28-36-29-58-39-23-13-12-22-37(36)39)50(71)59-40(48(69)64-45)24-14-15-25-56/h3-13,16-23,29,32,38,40-46,58,67H,14-15,24-28,30-31,56-57H2,1-2H3,(H,59,71)(H,60,68)(H,61,73)(H,62,74)(H,63,70)(H,64,69)(H,65,72)(H,76,77)/t32-,38+,40+,41+,42+,43-,44+,45+,46-/m1/s1. The van der Waals surface area contributed by atoms with Crippen LogP contribution in [0.4, 0.5) is 0 Å². The predicted molar refractivity (Wildman–Crippen MR) is 299 cm³/mol. The Labute approximate surface area is 464 Å². The molecule has 6 rings (SSSR count). The highest BCUT2D eigenvalue weighted by molar-refractivity contribution is 8.76. The quantitative estimate of drug-likeness (QED) is 0.0536. The maximum Gasteiger partial charge on any atom is 0.327 e. The van der Waals surface area contributed by atoms with Crippen LogP contribution in [-0.2, 0) is 57.6 Å². The van der Waals surface area contributed by atoms with Crippen molar-refractivity contribution in [1.29, 1.82) is 0 Å². The number of hydrogen-bond donors (Lipinski definition) is 12. The number of carbonyl (C=O) groups excluding carboxylic acids is 8. The minimum atomic E-state index is -1.85. The molecule has 8 amide bonds. The number of nitrogens with two attached hydrogens (primary N) is 2. The Morgan fingerprint density at radius 2 is 1.11 bits per heavy atom. The van der Waals surface area contributed by atoms with Crippen LogP contribution in [-0.4, -0.2) is 153 Å². The molecule has 14 N–H and O–H groups in total. The van der Waals surface area contributed by atoms with Crippen LogP contribution in [0, 0.1) is 0 Å². The summed E-state index contributed by atoms with van der Waals surface area (Å²) in [7, 11) is 3.28. The number of para-hydroxylation sites is 1. The van der Waals surface area contributed by atoms with Crippen LogP contribution >= 0.6 is 21.6 Å². The van der Waals surface area contributed by atoms with Gasteiger partial charge in [0.2, 0.25) is 35.4 Å². The zero-order chi connectivity index (χ0) is 57.0. The Kier molecular flexibility index (Phi) is 22.8. The number of benzene rings is 4. The number of likely N-dealkylation sites (N-methyl/N-ethyl adjacent to an activating group) is 1. The van der Waals surface area contributed by atoms with E-state index in [0.29, 0.717) is 34.0 Å². The van der Waals surface area contributed by atoms with E-state index in [0.717, 1.165) is 26.5 Å². The highest BCUT2D eigenvalue weighted by atomic mass is 33.1. The zero-order valence-electron chi connectivity index (χ0n) is 43.6. The fraction of sp³-hybridized carbons (Fsp3) is 0.364. The Bertz CT molecular complexity index is 2900. The molecule has 1 aromatic heterocycles. The SMILES string of the molecule is C[C@@H](O)[C@@H]1NC(=O)[C@H](CCCCN)NC(=O)[C@@H](Cc2c[nH]c3ccccc23)NC(=O)[C@@H](N(C)C(=O)c2ccccc2)NC(=O)[C@H](Cc2ccccc2)NC(=O)[C@@H](N)CSSC[C@@H](C(=O)O)NC(=O)[C@H](Cc2ccccc2)NC1=O. The van der Waals surface area contributed by atoms with Crippen molar-refractivity contribution in [2.75, 3.05) is 25.1 Å². The number of unbranched alkanes of at least 4 members (excludes halogenated alkanes) is 1. The summed E-state index contributed by atoms with van der Waals surface area (Å²) in [6, 6.07) is 21.9. The van der Waals surface area contributed by atoms with Gasteiger partial charge in [0.05, 0.1) is 12.1 Å². The van der Waals surface area contributed by atoms with E-state index in [2.05, 4.69) is 42.2 Å². The number of hydrogen-bond acceptors (Lipinski definition) is 14. The second-order valence-electron chi connectivity index (χ2n) is 19.0. The summed E-state index contributed by atoms with van der Waals surface area (Å²) in [5.74, 6) is -8.98. The predicted octanol–water partition coefficient (Wildman–Crippen LogP) is 0.636. The summed E-state index contributed by atoms with van der Waals surface area (Å²) < 4.78 is 0. The molecule has 2 heterocycles. The summed E-state index contributed by atoms with van der Waals surface area (Å²) in [5, 5.41) is 40.3. The first-order valence-electron chi connectivity index (χ1n) is 25.6. The molecule has 0 unspecified atom stereocenters. The van der Waals surface area contributed by atoms with E-state index in [-0.39, 0.29) is 55.7 Å². The molecule has 0 bridgehead atoms. The third kappa shape index (κ3) is 17.6. The second-order valence-corrected chi connectivity index (χ2v) is 21.5. The monoisotopic (exact) mass is 1120 g/mol. The second kappa shape index (κ2) is 29.8. The maximum absolute atomic E-state index is 15.0. The Morgan fingerprint density at radius 1 is 0.608 bits per heavy atom. The number of rotatable bonds is 14. The number of aliphatic hydroxyl groups excluding tert-OH is 1. The third-order valence-corrected chi connectivity index (χ3v) is 15.4. The maximum atomic E-state index is 15.0. The van der Waals surface area contributed by atoms with Gasteiger partial charge >= 0.3 is 5.97 Å². The van der Waals surface area contributed by atoms with Crippen molar-refractivity contribution in [2.24, 2.45) is 11.5 Å². The molecule has 1 aliphatic heterocycles. The van der Waals surface area contributed by atoms with Crippen LogP contribution in [0.1, 0.15) is 53.2 Å². The average Bonchev–Trinajstić information content (AvgIpc) is 3.89. The minimum absolute atomic E-state index is 0.0479. The number of fused-ring (bicyclic) bond motifs is 1. The van der Waals surface area contributed by atoms with Crippen molar-refractivity contribution < 1.29 is 53.4 Å². The van der Waals surface area contributed by atoms with Crippen LogP contribution < -0.4 is 48.7 Å². The van der Waals surface area contributed by atoms with E-state index in [1.165, 1.54) is 26.1 Å². The number of aromatic nitrogens is 1. The van der Waals surface area contributed by atoms with Gasteiger partial charge in [0, 0.05) is 60.5 Å². The fourth-order valence-corrected chi connectivity index (χ4v) is 10.8. The van der Waals surface area contributed by atoms with Crippen molar-refractivity contribution in [3.63, 3.8) is 0 Å². The van der Waals surface area contributed by atoms with Gasteiger partial charge in [-0.3, -0.25) is 38.4 Å². The molecule has 4 aromatic carbocycles. The summed E-state index contributed by atoms with van der Waals surface area (Å²) in [6.07, 6.45) is -1.61. The minimum Gasteiger partial charge on any atom is -0.480 e. The van der Waals surface area contributed by atoms with Crippen LogP contribution in [0.25, 0.3) is 10.9 Å². The van der Waals surface area contributed by atoms with Crippen molar-refractivity contribution >= 4 is 85.7 Å².